The van der Waals surface area contributed by atoms with Gasteiger partial charge in [0.15, 0.2) is 0 Å². The normalized spacial score (nSPS) is 29.6. The summed E-state index contributed by atoms with van der Waals surface area (Å²) >= 11 is 0. The highest BCUT2D eigenvalue weighted by Crippen LogP contribution is 2.22. The molecule has 1 fully saturated rings. The third kappa shape index (κ3) is 2.45. The molecule has 2 unspecified atom stereocenters. The lowest BCUT2D eigenvalue weighted by atomic mass is 9.85. The van der Waals surface area contributed by atoms with Crippen molar-refractivity contribution < 1.29 is 14.9 Å². The second-order valence-electron chi connectivity index (χ2n) is 5.04. The van der Waals surface area contributed by atoms with Gasteiger partial charge in [-0.2, -0.15) is 0 Å². The minimum Gasteiger partial charge on any atom is -0.389 e. The Balaban J connectivity index is 2.58. The van der Waals surface area contributed by atoms with Crippen molar-refractivity contribution >= 4 is 0 Å². The molecule has 4 nitrogen and oxygen atoms in total. The molecule has 2 atom stereocenters. The van der Waals surface area contributed by atoms with Crippen molar-refractivity contribution in [3.63, 3.8) is 0 Å². The minimum atomic E-state index is -0.838. The van der Waals surface area contributed by atoms with Crippen LogP contribution in [0.15, 0.2) is 0 Å². The van der Waals surface area contributed by atoms with Gasteiger partial charge >= 0.3 is 0 Å². The second kappa shape index (κ2) is 3.77. The Bertz CT molecular complexity index is 198. The Hall–Kier alpha value is -0.160. The summed E-state index contributed by atoms with van der Waals surface area (Å²) in [5, 5.41) is 22.7. The van der Waals surface area contributed by atoms with E-state index in [-0.39, 0.29) is 6.04 Å². The van der Waals surface area contributed by atoms with Crippen LogP contribution in [-0.4, -0.2) is 46.7 Å². The standard InChI is InChI=1S/C10H21NO3/c1-9(2,10(3,4)13)11-7-5-14-6-8(7)12/h7-8,11-13H,5-6H2,1-4H3. The van der Waals surface area contributed by atoms with Gasteiger partial charge in [0.25, 0.3) is 0 Å². The molecule has 1 saturated heterocycles. The van der Waals surface area contributed by atoms with Gasteiger partial charge in [0.05, 0.1) is 31.0 Å². The molecular weight excluding hydrogens is 182 g/mol. The lowest BCUT2D eigenvalue weighted by Crippen LogP contribution is -2.61. The van der Waals surface area contributed by atoms with Crippen LogP contribution in [0.2, 0.25) is 0 Å². The first-order valence-corrected chi connectivity index (χ1v) is 5.00. The van der Waals surface area contributed by atoms with Gasteiger partial charge in [-0.1, -0.05) is 0 Å². The highest BCUT2D eigenvalue weighted by atomic mass is 16.5. The van der Waals surface area contributed by atoms with Gasteiger partial charge in [-0.15, -0.1) is 0 Å². The number of aliphatic hydroxyl groups excluding tert-OH is 1. The summed E-state index contributed by atoms with van der Waals surface area (Å²) in [5.74, 6) is 0. The third-order valence-electron chi connectivity index (χ3n) is 3.13. The molecule has 0 aliphatic carbocycles. The van der Waals surface area contributed by atoms with Crippen LogP contribution in [0.1, 0.15) is 27.7 Å². The second-order valence-corrected chi connectivity index (χ2v) is 5.04. The van der Waals surface area contributed by atoms with Crippen molar-refractivity contribution in [2.45, 2.75) is 51.0 Å². The molecule has 0 aromatic carbocycles. The average Bonchev–Trinajstić information content (AvgIpc) is 2.33. The lowest BCUT2D eigenvalue weighted by Gasteiger charge is -2.40. The summed E-state index contributed by atoms with van der Waals surface area (Å²) in [7, 11) is 0. The molecule has 0 radical (unpaired) electrons. The first-order chi connectivity index (χ1) is 6.24. The summed E-state index contributed by atoms with van der Waals surface area (Å²) in [4.78, 5) is 0. The molecule has 1 rings (SSSR count). The van der Waals surface area contributed by atoms with E-state index in [4.69, 9.17) is 4.74 Å². The van der Waals surface area contributed by atoms with E-state index in [0.717, 1.165) is 0 Å². The van der Waals surface area contributed by atoms with Gasteiger partial charge in [0.1, 0.15) is 0 Å². The van der Waals surface area contributed by atoms with E-state index in [1.54, 1.807) is 13.8 Å². The summed E-state index contributed by atoms with van der Waals surface area (Å²) in [6.45, 7) is 8.21. The first-order valence-electron chi connectivity index (χ1n) is 5.00. The molecule has 0 aromatic rings. The molecule has 0 spiro atoms. The highest BCUT2D eigenvalue weighted by molar-refractivity contribution is 4.97. The van der Waals surface area contributed by atoms with Crippen molar-refractivity contribution in [2.24, 2.45) is 0 Å². The Morgan fingerprint density at radius 3 is 2.14 bits per heavy atom. The van der Waals surface area contributed by atoms with Crippen LogP contribution >= 0.6 is 0 Å². The van der Waals surface area contributed by atoms with Crippen LogP contribution in [0, 0.1) is 0 Å². The summed E-state index contributed by atoms with van der Waals surface area (Å²) in [6, 6.07) is -0.0866. The summed E-state index contributed by atoms with van der Waals surface area (Å²) in [6.07, 6.45) is -0.475. The SMILES string of the molecule is CC(C)(O)C(C)(C)NC1COCC1O. The number of nitrogens with one attached hydrogen (secondary N) is 1. The number of hydrogen-bond donors (Lipinski definition) is 3. The monoisotopic (exact) mass is 203 g/mol. The smallest absolute Gasteiger partial charge is 0.0948 e. The third-order valence-corrected chi connectivity index (χ3v) is 3.13. The Kier molecular flexibility index (Phi) is 3.21. The first kappa shape index (κ1) is 11.9. The van der Waals surface area contributed by atoms with Crippen molar-refractivity contribution in [3.05, 3.63) is 0 Å². The van der Waals surface area contributed by atoms with E-state index in [9.17, 15) is 10.2 Å². The van der Waals surface area contributed by atoms with Crippen molar-refractivity contribution in [1.82, 2.24) is 5.32 Å². The van der Waals surface area contributed by atoms with E-state index in [0.29, 0.717) is 13.2 Å². The number of ether oxygens (including phenoxy) is 1. The van der Waals surface area contributed by atoms with Crippen molar-refractivity contribution in [3.8, 4) is 0 Å². The van der Waals surface area contributed by atoms with Gasteiger partial charge in [0, 0.05) is 5.54 Å². The molecule has 0 aromatic heterocycles. The minimum absolute atomic E-state index is 0.0866. The number of aliphatic hydroxyl groups is 2. The molecule has 3 N–H and O–H groups in total. The predicted molar refractivity (Wildman–Crippen MR) is 54.1 cm³/mol. The number of hydrogen-bond acceptors (Lipinski definition) is 4. The van der Waals surface area contributed by atoms with Crippen molar-refractivity contribution in [2.75, 3.05) is 13.2 Å². The Morgan fingerprint density at radius 1 is 1.21 bits per heavy atom. The van der Waals surface area contributed by atoms with E-state index in [2.05, 4.69) is 5.32 Å². The highest BCUT2D eigenvalue weighted by Gasteiger charge is 2.39. The van der Waals surface area contributed by atoms with Crippen molar-refractivity contribution in [1.29, 1.82) is 0 Å². The predicted octanol–water partition coefficient (Wildman–Crippen LogP) is -0.115. The molecule has 1 aliphatic heterocycles. The molecule has 1 aliphatic rings. The van der Waals surface area contributed by atoms with Gasteiger partial charge < -0.3 is 20.3 Å². The zero-order valence-corrected chi connectivity index (χ0v) is 9.37. The van der Waals surface area contributed by atoms with E-state index in [1.807, 2.05) is 13.8 Å². The van der Waals surface area contributed by atoms with E-state index < -0.39 is 17.2 Å². The zero-order valence-electron chi connectivity index (χ0n) is 9.37. The maximum absolute atomic E-state index is 9.91. The Labute approximate surface area is 85.3 Å². The van der Waals surface area contributed by atoms with Crippen LogP contribution in [0.25, 0.3) is 0 Å². The molecule has 14 heavy (non-hydrogen) atoms. The quantitative estimate of drug-likeness (QED) is 0.599. The van der Waals surface area contributed by atoms with Crippen LogP contribution < -0.4 is 5.32 Å². The fraction of sp³-hybridized carbons (Fsp3) is 1.00. The van der Waals surface area contributed by atoms with Gasteiger partial charge in [-0.05, 0) is 27.7 Å². The Morgan fingerprint density at radius 2 is 1.79 bits per heavy atom. The van der Waals surface area contributed by atoms with Gasteiger partial charge in [0.2, 0.25) is 0 Å². The fourth-order valence-corrected chi connectivity index (χ4v) is 1.32. The average molecular weight is 203 g/mol. The van der Waals surface area contributed by atoms with Crippen LogP contribution in [-0.2, 0) is 4.74 Å². The molecule has 0 saturated carbocycles. The zero-order chi connectivity index (χ0) is 11.0. The number of rotatable bonds is 3. The maximum atomic E-state index is 9.91. The van der Waals surface area contributed by atoms with E-state index >= 15 is 0 Å². The van der Waals surface area contributed by atoms with Gasteiger partial charge in [-0.25, -0.2) is 0 Å². The molecule has 0 bridgehead atoms. The molecule has 0 amide bonds. The maximum Gasteiger partial charge on any atom is 0.0948 e. The molecule has 84 valence electrons. The largest absolute Gasteiger partial charge is 0.389 e. The summed E-state index contributed by atoms with van der Waals surface area (Å²) in [5.41, 5.74) is -1.29. The molecular formula is C10H21NO3. The van der Waals surface area contributed by atoms with Crippen LogP contribution in [0.5, 0.6) is 0 Å². The van der Waals surface area contributed by atoms with E-state index in [1.165, 1.54) is 0 Å². The topological polar surface area (TPSA) is 61.7 Å². The summed E-state index contributed by atoms with van der Waals surface area (Å²) < 4.78 is 5.13. The fourth-order valence-electron chi connectivity index (χ4n) is 1.32. The van der Waals surface area contributed by atoms with Gasteiger partial charge in [-0.3, -0.25) is 0 Å². The molecule has 1 heterocycles. The lowest BCUT2D eigenvalue weighted by molar-refractivity contribution is -0.0161. The van der Waals surface area contributed by atoms with Crippen LogP contribution in [0.4, 0.5) is 0 Å². The van der Waals surface area contributed by atoms with Crippen LogP contribution in [0.3, 0.4) is 0 Å². The molecule has 4 heteroatoms.